The van der Waals surface area contributed by atoms with E-state index in [2.05, 4.69) is 34.2 Å². The minimum atomic E-state index is -0.186. The van der Waals surface area contributed by atoms with Crippen LogP contribution < -0.4 is 5.32 Å². The molecular formula is C17H21N5O2. The van der Waals surface area contributed by atoms with Crippen LogP contribution in [-0.2, 0) is 0 Å². The van der Waals surface area contributed by atoms with Gasteiger partial charge in [-0.3, -0.25) is 9.89 Å². The fourth-order valence-electron chi connectivity index (χ4n) is 4.11. The van der Waals surface area contributed by atoms with Crippen molar-refractivity contribution in [1.29, 1.82) is 0 Å². The van der Waals surface area contributed by atoms with Crippen LogP contribution >= 0.6 is 0 Å². The molecule has 2 fully saturated rings. The van der Waals surface area contributed by atoms with Gasteiger partial charge in [-0.15, -0.1) is 0 Å². The molecule has 2 aromatic rings. The third-order valence-electron chi connectivity index (χ3n) is 5.48. The Balaban J connectivity index is 1.55. The molecule has 1 aromatic heterocycles. The second kappa shape index (κ2) is 5.59. The summed E-state index contributed by atoms with van der Waals surface area (Å²) in [5, 5.41) is 22.2. The number of hydrogen-bond acceptors (Lipinski definition) is 4. The van der Waals surface area contributed by atoms with E-state index in [0.29, 0.717) is 33.6 Å². The van der Waals surface area contributed by atoms with Crippen molar-refractivity contribution in [3.05, 3.63) is 29.1 Å². The Labute approximate surface area is 139 Å². The standard InChI is InChI=1S/C17H21N5O2/c1-21-11-3-4-12(21)8-10(7-11)18-17(23)16-14-9-13(22(2)24)5-6-15(14)19-20-16/h5-6,9-12H,2-4,7-8H2,1H3,(H,18,23)(H,19,20). The molecule has 1 amide bonds. The molecule has 126 valence electrons. The van der Waals surface area contributed by atoms with Crippen LogP contribution in [0.25, 0.3) is 10.9 Å². The largest absolute Gasteiger partial charge is 0.619 e. The zero-order valence-electron chi connectivity index (χ0n) is 13.7. The second-order valence-electron chi connectivity index (χ2n) is 6.87. The Kier molecular flexibility index (Phi) is 3.53. The van der Waals surface area contributed by atoms with Crippen molar-refractivity contribution < 1.29 is 9.53 Å². The van der Waals surface area contributed by atoms with Gasteiger partial charge in [0, 0.05) is 35.6 Å². The molecule has 2 aliphatic heterocycles. The van der Waals surface area contributed by atoms with Crippen LogP contribution in [0.5, 0.6) is 0 Å². The van der Waals surface area contributed by atoms with Crippen molar-refractivity contribution in [3.63, 3.8) is 0 Å². The number of rotatable bonds is 3. The monoisotopic (exact) mass is 327 g/mol. The van der Waals surface area contributed by atoms with Gasteiger partial charge in [0.05, 0.1) is 5.52 Å². The summed E-state index contributed by atoms with van der Waals surface area (Å²) in [6.07, 6.45) is 4.40. The van der Waals surface area contributed by atoms with Gasteiger partial charge in [0.2, 0.25) is 5.69 Å². The van der Waals surface area contributed by atoms with Gasteiger partial charge >= 0.3 is 0 Å². The molecule has 2 saturated heterocycles. The summed E-state index contributed by atoms with van der Waals surface area (Å²) >= 11 is 0. The molecule has 0 saturated carbocycles. The molecule has 4 rings (SSSR count). The highest BCUT2D eigenvalue weighted by atomic mass is 16.5. The number of nitrogens with zero attached hydrogens (tertiary/aromatic N) is 3. The fourth-order valence-corrected chi connectivity index (χ4v) is 4.11. The topological polar surface area (TPSA) is 87.1 Å². The molecule has 1 aromatic carbocycles. The summed E-state index contributed by atoms with van der Waals surface area (Å²) in [7, 11) is 2.18. The number of nitrogens with one attached hydrogen (secondary N) is 2. The molecule has 24 heavy (non-hydrogen) atoms. The van der Waals surface area contributed by atoms with Crippen LogP contribution in [-0.4, -0.2) is 57.6 Å². The average Bonchev–Trinajstić information content (AvgIpc) is 3.05. The van der Waals surface area contributed by atoms with Crippen LogP contribution in [0.3, 0.4) is 0 Å². The van der Waals surface area contributed by atoms with E-state index >= 15 is 0 Å². The second-order valence-corrected chi connectivity index (χ2v) is 6.87. The third kappa shape index (κ3) is 2.45. The number of benzene rings is 1. The lowest BCUT2D eigenvalue weighted by Gasteiger charge is -2.36. The highest BCUT2D eigenvalue weighted by Gasteiger charge is 2.39. The molecule has 2 N–H and O–H groups in total. The minimum absolute atomic E-state index is 0.185. The fraction of sp³-hybridized carbons (Fsp3) is 0.471. The van der Waals surface area contributed by atoms with Gasteiger partial charge in [-0.2, -0.15) is 9.84 Å². The van der Waals surface area contributed by atoms with E-state index in [1.54, 1.807) is 18.2 Å². The maximum absolute atomic E-state index is 12.7. The zero-order chi connectivity index (χ0) is 16.8. The first kappa shape index (κ1) is 15.1. The summed E-state index contributed by atoms with van der Waals surface area (Å²) in [5.74, 6) is -0.186. The number of amides is 1. The molecular weight excluding hydrogens is 306 g/mol. The number of carbonyl (C=O) groups excluding carboxylic acids is 1. The molecule has 7 nitrogen and oxygen atoms in total. The Morgan fingerprint density at radius 3 is 2.79 bits per heavy atom. The molecule has 2 atom stereocenters. The molecule has 0 spiro atoms. The maximum Gasteiger partial charge on any atom is 0.272 e. The lowest BCUT2D eigenvalue weighted by molar-refractivity contribution is -0.349. The Morgan fingerprint density at radius 1 is 1.42 bits per heavy atom. The van der Waals surface area contributed by atoms with Crippen LogP contribution in [0.2, 0.25) is 0 Å². The van der Waals surface area contributed by atoms with Crippen molar-refractivity contribution >= 4 is 29.2 Å². The van der Waals surface area contributed by atoms with Crippen molar-refractivity contribution in [2.45, 2.75) is 43.8 Å². The third-order valence-corrected chi connectivity index (χ3v) is 5.48. The van der Waals surface area contributed by atoms with Gasteiger partial charge in [-0.1, -0.05) is 0 Å². The summed E-state index contributed by atoms with van der Waals surface area (Å²) in [6.45, 7) is 3.34. The van der Waals surface area contributed by atoms with Crippen LogP contribution in [0.1, 0.15) is 36.2 Å². The quantitative estimate of drug-likeness (QED) is 0.389. The average molecular weight is 327 g/mol. The molecule has 0 aliphatic carbocycles. The van der Waals surface area contributed by atoms with Crippen LogP contribution in [0.15, 0.2) is 18.2 Å². The molecule has 7 heteroatoms. The van der Waals surface area contributed by atoms with Gasteiger partial charge in [0.1, 0.15) is 6.72 Å². The molecule has 3 heterocycles. The van der Waals surface area contributed by atoms with Crippen molar-refractivity contribution in [3.8, 4) is 0 Å². The van der Waals surface area contributed by atoms with Gasteiger partial charge < -0.3 is 15.4 Å². The van der Waals surface area contributed by atoms with Gasteiger partial charge in [-0.05, 0) is 38.8 Å². The number of carbonyl (C=O) groups is 1. The van der Waals surface area contributed by atoms with E-state index in [9.17, 15) is 10.0 Å². The van der Waals surface area contributed by atoms with E-state index in [-0.39, 0.29) is 11.9 Å². The molecule has 2 unspecified atom stereocenters. The SMILES string of the molecule is C=[N+]([O-])c1ccc2[nH]nc(C(=O)NC3CC4CCC(C3)N4C)c2c1. The van der Waals surface area contributed by atoms with Crippen LogP contribution in [0, 0.1) is 5.21 Å². The number of fused-ring (bicyclic) bond motifs is 3. The number of aromatic amines is 1. The lowest BCUT2D eigenvalue weighted by atomic mass is 9.98. The number of piperidine rings is 1. The summed E-state index contributed by atoms with van der Waals surface area (Å²) in [5.41, 5.74) is 1.46. The Bertz CT molecular complexity index is 800. The number of hydrogen-bond donors (Lipinski definition) is 2. The zero-order valence-corrected chi connectivity index (χ0v) is 13.7. The van der Waals surface area contributed by atoms with Crippen molar-refractivity contribution in [2.24, 2.45) is 0 Å². The van der Waals surface area contributed by atoms with E-state index in [1.165, 1.54) is 12.8 Å². The van der Waals surface area contributed by atoms with E-state index in [0.717, 1.165) is 18.4 Å². The highest BCUT2D eigenvalue weighted by molar-refractivity contribution is 6.05. The van der Waals surface area contributed by atoms with Crippen molar-refractivity contribution in [2.75, 3.05) is 7.05 Å². The van der Waals surface area contributed by atoms with Gasteiger partial charge in [0.15, 0.2) is 5.69 Å². The minimum Gasteiger partial charge on any atom is -0.619 e. The Hall–Kier alpha value is -2.41. The maximum atomic E-state index is 12.7. The molecule has 2 aliphatic rings. The Morgan fingerprint density at radius 2 is 2.12 bits per heavy atom. The molecule has 2 bridgehead atoms. The highest BCUT2D eigenvalue weighted by Crippen LogP contribution is 2.34. The van der Waals surface area contributed by atoms with Gasteiger partial charge in [-0.25, -0.2) is 0 Å². The predicted octanol–water partition coefficient (Wildman–Crippen LogP) is 1.76. The smallest absolute Gasteiger partial charge is 0.272 e. The van der Waals surface area contributed by atoms with Crippen molar-refractivity contribution in [1.82, 2.24) is 20.4 Å². The van der Waals surface area contributed by atoms with Gasteiger partial charge in [0.25, 0.3) is 5.91 Å². The van der Waals surface area contributed by atoms with E-state index in [1.807, 2.05) is 0 Å². The number of H-pyrrole nitrogens is 1. The first-order valence-corrected chi connectivity index (χ1v) is 8.31. The summed E-state index contributed by atoms with van der Waals surface area (Å²) in [4.78, 5) is 15.1. The first-order chi connectivity index (χ1) is 11.5. The summed E-state index contributed by atoms with van der Waals surface area (Å²) < 4.78 is 0.531. The van der Waals surface area contributed by atoms with E-state index in [4.69, 9.17) is 0 Å². The molecule has 0 radical (unpaired) electrons. The normalized spacial score (nSPS) is 26.6. The summed E-state index contributed by atoms with van der Waals surface area (Å²) in [6, 6.07) is 6.35. The van der Waals surface area contributed by atoms with Crippen LogP contribution in [0.4, 0.5) is 5.69 Å². The number of aromatic nitrogens is 2. The van der Waals surface area contributed by atoms with E-state index < -0.39 is 0 Å². The predicted molar refractivity (Wildman–Crippen MR) is 91.6 cm³/mol. The lowest BCUT2D eigenvalue weighted by Crippen LogP contribution is -2.48. The first-order valence-electron chi connectivity index (χ1n) is 8.31.